The number of anilines is 1. The molecule has 0 fully saturated rings. The molecule has 18 heavy (non-hydrogen) atoms. The molecule has 0 radical (unpaired) electrons. The molecule has 0 amide bonds. The van der Waals surface area contributed by atoms with E-state index in [2.05, 4.69) is 0 Å². The smallest absolute Gasteiger partial charge is 0.138 e. The molecule has 2 rings (SSSR count). The van der Waals surface area contributed by atoms with Crippen LogP contribution in [0.5, 0.6) is 5.75 Å². The minimum atomic E-state index is 0.343. The first-order valence-electron chi connectivity index (χ1n) is 5.49. The maximum absolute atomic E-state index is 6.05. The van der Waals surface area contributed by atoms with E-state index in [0.717, 1.165) is 11.1 Å². The lowest BCUT2D eigenvalue weighted by Gasteiger charge is -2.10. The highest BCUT2D eigenvalue weighted by Crippen LogP contribution is 2.27. The molecule has 0 saturated heterocycles. The van der Waals surface area contributed by atoms with Gasteiger partial charge in [0.05, 0.1) is 5.02 Å². The van der Waals surface area contributed by atoms with Gasteiger partial charge < -0.3 is 10.5 Å². The van der Waals surface area contributed by atoms with E-state index in [1.54, 1.807) is 18.2 Å². The molecule has 0 aliphatic carbocycles. The van der Waals surface area contributed by atoms with Crippen LogP contribution in [0, 0.1) is 6.92 Å². The van der Waals surface area contributed by atoms with Gasteiger partial charge in [-0.25, -0.2) is 0 Å². The molecule has 0 spiro atoms. The molecule has 0 bridgehead atoms. The molecule has 4 heteroatoms. The van der Waals surface area contributed by atoms with Crippen molar-refractivity contribution in [2.45, 2.75) is 13.5 Å². The highest BCUT2D eigenvalue weighted by Gasteiger charge is 2.05. The van der Waals surface area contributed by atoms with Gasteiger partial charge in [0.25, 0.3) is 0 Å². The van der Waals surface area contributed by atoms with Crippen molar-refractivity contribution in [2.75, 3.05) is 5.73 Å². The van der Waals surface area contributed by atoms with Gasteiger partial charge in [-0.05, 0) is 42.8 Å². The largest absolute Gasteiger partial charge is 0.487 e. The number of nitrogen functional groups attached to an aromatic ring is 1. The molecule has 2 nitrogen and oxygen atoms in total. The van der Waals surface area contributed by atoms with Gasteiger partial charge in [-0.15, -0.1) is 0 Å². The van der Waals surface area contributed by atoms with Crippen molar-refractivity contribution in [1.82, 2.24) is 0 Å². The van der Waals surface area contributed by atoms with Crippen LogP contribution in [0.2, 0.25) is 10.0 Å². The Balaban J connectivity index is 2.16. The van der Waals surface area contributed by atoms with E-state index in [1.165, 1.54) is 0 Å². The van der Waals surface area contributed by atoms with Gasteiger partial charge in [-0.3, -0.25) is 0 Å². The van der Waals surface area contributed by atoms with E-state index >= 15 is 0 Å². The predicted octanol–water partition coefficient (Wildman–Crippen LogP) is 4.46. The SMILES string of the molecule is Cc1ccc(Cl)c(OCc2cc(Cl)ccc2N)c1. The number of rotatable bonds is 3. The molecule has 0 heterocycles. The van der Waals surface area contributed by atoms with E-state index in [1.807, 2.05) is 25.1 Å². The summed E-state index contributed by atoms with van der Waals surface area (Å²) in [7, 11) is 0. The molecular weight excluding hydrogens is 269 g/mol. The van der Waals surface area contributed by atoms with Gasteiger partial charge in [0.15, 0.2) is 0 Å². The average Bonchev–Trinajstić information content (AvgIpc) is 2.34. The van der Waals surface area contributed by atoms with Crippen molar-refractivity contribution in [3.05, 3.63) is 57.6 Å². The lowest BCUT2D eigenvalue weighted by molar-refractivity contribution is 0.307. The fourth-order valence-electron chi connectivity index (χ4n) is 1.58. The Morgan fingerprint density at radius 2 is 1.89 bits per heavy atom. The van der Waals surface area contributed by atoms with Gasteiger partial charge in [-0.1, -0.05) is 29.3 Å². The summed E-state index contributed by atoms with van der Waals surface area (Å²) >= 11 is 12.0. The summed E-state index contributed by atoms with van der Waals surface area (Å²) in [5.74, 6) is 0.649. The molecule has 2 N–H and O–H groups in total. The van der Waals surface area contributed by atoms with Gasteiger partial charge in [0.1, 0.15) is 12.4 Å². The molecule has 2 aromatic carbocycles. The Kier molecular flexibility index (Phi) is 4.00. The zero-order chi connectivity index (χ0) is 13.1. The van der Waals surface area contributed by atoms with Crippen LogP contribution in [0.4, 0.5) is 5.69 Å². The topological polar surface area (TPSA) is 35.2 Å². The van der Waals surface area contributed by atoms with Crippen LogP contribution in [-0.4, -0.2) is 0 Å². The Hall–Kier alpha value is -1.38. The first-order valence-corrected chi connectivity index (χ1v) is 6.24. The normalized spacial score (nSPS) is 10.4. The molecule has 2 aromatic rings. The highest BCUT2D eigenvalue weighted by molar-refractivity contribution is 6.32. The van der Waals surface area contributed by atoms with Crippen molar-refractivity contribution in [2.24, 2.45) is 0 Å². The number of hydrogen-bond donors (Lipinski definition) is 1. The minimum absolute atomic E-state index is 0.343. The van der Waals surface area contributed by atoms with Crippen LogP contribution in [0.1, 0.15) is 11.1 Å². The van der Waals surface area contributed by atoms with Crippen LogP contribution < -0.4 is 10.5 Å². The monoisotopic (exact) mass is 281 g/mol. The number of halogens is 2. The standard InChI is InChI=1S/C14H13Cl2NO/c1-9-2-4-12(16)14(6-9)18-8-10-7-11(15)3-5-13(10)17/h2-7H,8,17H2,1H3. The zero-order valence-corrected chi connectivity index (χ0v) is 11.4. The predicted molar refractivity (Wildman–Crippen MR) is 76.4 cm³/mol. The third-order valence-electron chi connectivity index (χ3n) is 2.57. The Bertz CT molecular complexity index is 518. The Morgan fingerprint density at radius 3 is 2.67 bits per heavy atom. The second-order valence-electron chi connectivity index (χ2n) is 4.07. The van der Waals surface area contributed by atoms with Gasteiger partial charge in [-0.2, -0.15) is 0 Å². The molecule has 94 valence electrons. The van der Waals surface area contributed by atoms with Crippen LogP contribution in [0.25, 0.3) is 0 Å². The zero-order valence-electron chi connectivity index (χ0n) is 9.91. The average molecular weight is 282 g/mol. The summed E-state index contributed by atoms with van der Waals surface area (Å²) in [4.78, 5) is 0. The summed E-state index contributed by atoms with van der Waals surface area (Å²) in [5, 5.41) is 1.22. The third kappa shape index (κ3) is 3.09. The maximum atomic E-state index is 6.05. The number of nitrogens with two attached hydrogens (primary N) is 1. The summed E-state index contributed by atoms with van der Waals surface area (Å²) in [6, 6.07) is 10.9. The van der Waals surface area contributed by atoms with Crippen LogP contribution in [-0.2, 0) is 6.61 Å². The molecular formula is C14H13Cl2NO. The first-order chi connectivity index (χ1) is 8.56. The van der Waals surface area contributed by atoms with E-state index < -0.39 is 0 Å². The molecule has 0 aromatic heterocycles. The van der Waals surface area contributed by atoms with Crippen molar-refractivity contribution in [3.8, 4) is 5.75 Å². The summed E-state index contributed by atoms with van der Waals surface area (Å²) < 4.78 is 5.67. The Labute approximate surface area is 116 Å². The van der Waals surface area contributed by atoms with Crippen LogP contribution in [0.15, 0.2) is 36.4 Å². The summed E-state index contributed by atoms with van der Waals surface area (Å²) in [6.45, 7) is 2.33. The molecule has 0 aliphatic rings. The molecule has 0 atom stereocenters. The Morgan fingerprint density at radius 1 is 1.11 bits per heavy atom. The van der Waals surface area contributed by atoms with Crippen LogP contribution >= 0.6 is 23.2 Å². The summed E-state index contributed by atoms with van der Waals surface area (Å²) in [6.07, 6.45) is 0. The quantitative estimate of drug-likeness (QED) is 0.843. The van der Waals surface area contributed by atoms with E-state index in [-0.39, 0.29) is 0 Å². The van der Waals surface area contributed by atoms with E-state index in [4.69, 9.17) is 33.7 Å². The van der Waals surface area contributed by atoms with Crippen LogP contribution in [0.3, 0.4) is 0 Å². The first kappa shape index (κ1) is 13.1. The fourth-order valence-corrected chi connectivity index (χ4v) is 1.94. The lowest BCUT2D eigenvalue weighted by atomic mass is 10.2. The summed E-state index contributed by atoms with van der Waals surface area (Å²) in [5.41, 5.74) is 8.44. The second-order valence-corrected chi connectivity index (χ2v) is 4.91. The maximum Gasteiger partial charge on any atom is 0.138 e. The fraction of sp³-hybridized carbons (Fsp3) is 0.143. The minimum Gasteiger partial charge on any atom is -0.487 e. The lowest BCUT2D eigenvalue weighted by Crippen LogP contribution is -2.00. The second kappa shape index (κ2) is 5.51. The number of hydrogen-bond acceptors (Lipinski definition) is 2. The van der Waals surface area contributed by atoms with Gasteiger partial charge in [0, 0.05) is 16.3 Å². The van der Waals surface area contributed by atoms with Crippen molar-refractivity contribution in [1.29, 1.82) is 0 Å². The molecule has 0 saturated carbocycles. The van der Waals surface area contributed by atoms with E-state index in [9.17, 15) is 0 Å². The molecule has 0 unspecified atom stereocenters. The highest BCUT2D eigenvalue weighted by atomic mass is 35.5. The number of ether oxygens (including phenoxy) is 1. The van der Waals surface area contributed by atoms with E-state index in [0.29, 0.717) is 28.1 Å². The number of aryl methyl sites for hydroxylation is 1. The number of benzene rings is 2. The van der Waals surface area contributed by atoms with Crippen molar-refractivity contribution >= 4 is 28.9 Å². The van der Waals surface area contributed by atoms with Gasteiger partial charge >= 0.3 is 0 Å². The third-order valence-corrected chi connectivity index (χ3v) is 3.12. The molecule has 0 aliphatic heterocycles. The van der Waals surface area contributed by atoms with Gasteiger partial charge in [0.2, 0.25) is 0 Å². The van der Waals surface area contributed by atoms with Crippen molar-refractivity contribution in [3.63, 3.8) is 0 Å². The van der Waals surface area contributed by atoms with Crippen molar-refractivity contribution < 1.29 is 4.74 Å².